The lowest BCUT2D eigenvalue weighted by atomic mass is 9.96. The number of carboxylic acid groups (broad SMARTS) is 1. The molecule has 0 saturated heterocycles. The summed E-state index contributed by atoms with van der Waals surface area (Å²) in [6, 6.07) is 12.4. The third-order valence-corrected chi connectivity index (χ3v) is 6.31. The second-order valence-corrected chi connectivity index (χ2v) is 9.17. The maximum atomic E-state index is 11.7. The fourth-order valence-corrected chi connectivity index (χ4v) is 3.96. The smallest absolute Gasteiger partial charge is 0.305 e. The monoisotopic (exact) mass is 489 g/mol. The Hall–Kier alpha value is -2.48. The zero-order valence-corrected chi connectivity index (χ0v) is 20.5. The van der Waals surface area contributed by atoms with Crippen LogP contribution >= 0.6 is 23.2 Å². The van der Waals surface area contributed by atoms with E-state index in [9.17, 15) is 9.90 Å². The average Bonchev–Trinajstić information content (AvgIpc) is 3.25. The van der Waals surface area contributed by atoms with Crippen LogP contribution in [0.2, 0.25) is 10.0 Å². The van der Waals surface area contributed by atoms with Crippen LogP contribution in [0.15, 0.2) is 42.5 Å². The Bertz CT molecular complexity index is 1070. The lowest BCUT2D eigenvalue weighted by Gasteiger charge is -2.26. The van der Waals surface area contributed by atoms with E-state index in [0.29, 0.717) is 28.3 Å². The molecule has 33 heavy (non-hydrogen) atoms. The molecule has 1 aromatic heterocycles. The predicted octanol–water partition coefficient (Wildman–Crippen LogP) is 5.80. The summed E-state index contributed by atoms with van der Waals surface area (Å²) in [6.07, 6.45) is 1.79. The first kappa shape index (κ1) is 25.1. The normalized spacial score (nSPS) is 13.3. The number of aryl methyl sites for hydroxylation is 1. The third kappa shape index (κ3) is 6.53. The molecule has 2 unspecified atom stereocenters. The minimum atomic E-state index is -0.932. The Kier molecular flexibility index (Phi) is 8.83. The summed E-state index contributed by atoms with van der Waals surface area (Å²) in [5.41, 5.74) is 2.89. The van der Waals surface area contributed by atoms with Crippen LogP contribution in [-0.2, 0) is 11.3 Å². The molecule has 2 atom stereocenters. The molecular weight excluding hydrogens is 461 g/mol. The molecule has 2 N–H and O–H groups in total. The summed E-state index contributed by atoms with van der Waals surface area (Å²) in [4.78, 5) is 11.7. The number of hydrogen-bond acceptors (Lipinski definition) is 5. The van der Waals surface area contributed by atoms with Gasteiger partial charge in [-0.15, -0.1) is 5.10 Å². The molecule has 0 spiro atoms. The van der Waals surface area contributed by atoms with Gasteiger partial charge in [0.1, 0.15) is 0 Å². The fourth-order valence-electron chi connectivity index (χ4n) is 3.66. The van der Waals surface area contributed by atoms with E-state index in [1.165, 1.54) is 5.56 Å². The highest BCUT2D eigenvalue weighted by Gasteiger charge is 2.27. The number of aliphatic carboxylic acids is 1. The summed E-state index contributed by atoms with van der Waals surface area (Å²) < 4.78 is 1.78. The first-order chi connectivity index (χ1) is 15.8. The fraction of sp³-hybridized carbons (Fsp3) is 0.417. The molecule has 0 saturated carbocycles. The van der Waals surface area contributed by atoms with E-state index in [1.807, 2.05) is 12.1 Å². The van der Waals surface area contributed by atoms with E-state index >= 15 is 0 Å². The van der Waals surface area contributed by atoms with Crippen LogP contribution in [0.4, 0.5) is 0 Å². The van der Waals surface area contributed by atoms with Crippen LogP contribution in [0.3, 0.4) is 0 Å². The van der Waals surface area contributed by atoms with Crippen LogP contribution < -0.4 is 5.32 Å². The van der Waals surface area contributed by atoms with Crippen molar-refractivity contribution < 1.29 is 9.90 Å². The number of carbonyl (C=O) groups is 1. The van der Waals surface area contributed by atoms with Gasteiger partial charge >= 0.3 is 5.97 Å². The van der Waals surface area contributed by atoms with E-state index in [1.54, 1.807) is 22.9 Å². The van der Waals surface area contributed by atoms with Gasteiger partial charge in [0.25, 0.3) is 0 Å². The molecular formula is C24H29Cl2N5O2. The number of benzene rings is 2. The van der Waals surface area contributed by atoms with Crippen molar-refractivity contribution in [2.24, 2.45) is 0 Å². The highest BCUT2D eigenvalue weighted by molar-refractivity contribution is 6.42. The number of halogens is 2. The van der Waals surface area contributed by atoms with Crippen molar-refractivity contribution in [2.45, 2.75) is 64.6 Å². The number of nitrogens with zero attached hydrogens (tertiary/aromatic N) is 4. The van der Waals surface area contributed by atoms with E-state index in [-0.39, 0.29) is 6.42 Å². The van der Waals surface area contributed by atoms with Crippen LogP contribution in [0, 0.1) is 0 Å². The Morgan fingerprint density at radius 2 is 1.73 bits per heavy atom. The summed E-state index contributed by atoms with van der Waals surface area (Å²) >= 11 is 12.3. The first-order valence-electron chi connectivity index (χ1n) is 11.1. The molecule has 3 rings (SSSR count). The lowest BCUT2D eigenvalue weighted by molar-refractivity contribution is -0.137. The van der Waals surface area contributed by atoms with Gasteiger partial charge in [-0.3, -0.25) is 10.1 Å². The zero-order valence-electron chi connectivity index (χ0n) is 19.0. The molecule has 2 aromatic carbocycles. The van der Waals surface area contributed by atoms with Crippen molar-refractivity contribution in [3.05, 3.63) is 75.0 Å². The van der Waals surface area contributed by atoms with Gasteiger partial charge in [-0.1, -0.05) is 80.7 Å². The number of carboxylic acids is 1. The number of hydrogen-bond donors (Lipinski definition) is 2. The molecule has 9 heteroatoms. The van der Waals surface area contributed by atoms with Crippen molar-refractivity contribution in [2.75, 3.05) is 0 Å². The number of rotatable bonds is 11. The van der Waals surface area contributed by atoms with Crippen LogP contribution in [0.5, 0.6) is 0 Å². The summed E-state index contributed by atoms with van der Waals surface area (Å²) in [6.45, 7) is 7.07. The molecule has 0 fully saturated rings. The molecule has 176 valence electrons. The second-order valence-electron chi connectivity index (χ2n) is 8.36. The summed E-state index contributed by atoms with van der Waals surface area (Å²) in [7, 11) is 0. The average molecular weight is 490 g/mol. The third-order valence-electron chi connectivity index (χ3n) is 5.57. The van der Waals surface area contributed by atoms with Gasteiger partial charge in [0.2, 0.25) is 0 Å². The topological polar surface area (TPSA) is 92.9 Å². The SMILES string of the molecule is CCCCn1nnnc1C(NC(CC(=O)O)c1ccc(Cl)c(Cl)c1)c1ccc(C(C)C)cc1. The van der Waals surface area contributed by atoms with Crippen molar-refractivity contribution in [1.29, 1.82) is 0 Å². The van der Waals surface area contributed by atoms with Crippen molar-refractivity contribution in [1.82, 2.24) is 25.5 Å². The van der Waals surface area contributed by atoms with Gasteiger partial charge in [0.15, 0.2) is 5.82 Å². The van der Waals surface area contributed by atoms with E-state index in [4.69, 9.17) is 23.2 Å². The van der Waals surface area contributed by atoms with Crippen LogP contribution in [-0.4, -0.2) is 31.3 Å². The van der Waals surface area contributed by atoms with E-state index in [2.05, 4.69) is 53.7 Å². The molecule has 3 aromatic rings. The summed E-state index contributed by atoms with van der Waals surface area (Å²) in [5.74, 6) is 0.102. The number of unbranched alkanes of at least 4 members (excludes halogenated alkanes) is 1. The molecule has 0 aliphatic rings. The van der Waals surface area contributed by atoms with Crippen molar-refractivity contribution >= 4 is 29.2 Å². The van der Waals surface area contributed by atoms with Crippen LogP contribution in [0.25, 0.3) is 0 Å². The van der Waals surface area contributed by atoms with E-state index in [0.717, 1.165) is 24.0 Å². The van der Waals surface area contributed by atoms with Crippen molar-refractivity contribution in [3.63, 3.8) is 0 Å². The highest BCUT2D eigenvalue weighted by Crippen LogP contribution is 2.31. The maximum Gasteiger partial charge on any atom is 0.305 e. The van der Waals surface area contributed by atoms with Gasteiger partial charge in [-0.05, 0) is 51.6 Å². The molecule has 0 bridgehead atoms. The zero-order chi connectivity index (χ0) is 24.0. The quantitative estimate of drug-likeness (QED) is 0.353. The van der Waals surface area contributed by atoms with Gasteiger partial charge in [0, 0.05) is 12.6 Å². The van der Waals surface area contributed by atoms with Gasteiger partial charge in [-0.25, -0.2) is 4.68 Å². The number of nitrogens with one attached hydrogen (secondary N) is 1. The van der Waals surface area contributed by atoms with Gasteiger partial charge in [-0.2, -0.15) is 0 Å². The first-order valence-corrected chi connectivity index (χ1v) is 11.8. The summed E-state index contributed by atoms with van der Waals surface area (Å²) in [5, 5.41) is 26.3. The Balaban J connectivity index is 2.03. The Morgan fingerprint density at radius 3 is 2.33 bits per heavy atom. The molecule has 0 amide bonds. The predicted molar refractivity (Wildman–Crippen MR) is 130 cm³/mol. The minimum absolute atomic E-state index is 0.144. The number of tetrazole rings is 1. The maximum absolute atomic E-state index is 11.7. The van der Waals surface area contributed by atoms with Crippen molar-refractivity contribution in [3.8, 4) is 0 Å². The molecule has 0 aliphatic heterocycles. The van der Waals surface area contributed by atoms with Crippen LogP contribution in [0.1, 0.15) is 80.6 Å². The molecule has 0 aliphatic carbocycles. The second kappa shape index (κ2) is 11.6. The molecule has 7 nitrogen and oxygen atoms in total. The van der Waals surface area contributed by atoms with Gasteiger partial charge in [0.05, 0.1) is 22.5 Å². The Labute approximate surface area is 204 Å². The molecule has 1 heterocycles. The highest BCUT2D eigenvalue weighted by atomic mass is 35.5. The standard InChI is InChI=1S/C24H29Cl2N5O2/c1-4-5-12-31-24(28-29-30-31)23(17-8-6-16(7-9-17)15(2)3)27-21(14-22(32)33)18-10-11-19(25)20(26)13-18/h6-11,13,15,21,23,27H,4-5,12,14H2,1-3H3,(H,32,33). The largest absolute Gasteiger partial charge is 0.481 e. The minimum Gasteiger partial charge on any atom is -0.481 e. The Morgan fingerprint density at radius 1 is 1.06 bits per heavy atom. The number of aromatic nitrogens is 4. The lowest BCUT2D eigenvalue weighted by Crippen LogP contribution is -2.31. The molecule has 0 radical (unpaired) electrons. The van der Waals surface area contributed by atoms with E-state index < -0.39 is 18.1 Å². The van der Waals surface area contributed by atoms with Gasteiger partial charge < -0.3 is 5.11 Å².